The molecule has 34 heavy (non-hydrogen) atoms. The second kappa shape index (κ2) is 9.96. The maximum absolute atomic E-state index is 13.1. The molecule has 0 radical (unpaired) electrons. The van der Waals surface area contributed by atoms with Gasteiger partial charge in [0, 0.05) is 37.9 Å². The first-order valence-corrected chi connectivity index (χ1v) is 13.6. The van der Waals surface area contributed by atoms with Gasteiger partial charge in [0.2, 0.25) is 0 Å². The molecule has 2 aromatic rings. The second-order valence-electron chi connectivity index (χ2n) is 9.66. The molecule has 8 heteroatoms. The van der Waals surface area contributed by atoms with Crippen LogP contribution in [0.5, 0.6) is 0 Å². The number of aryl methyl sites for hydroxylation is 3. The summed E-state index contributed by atoms with van der Waals surface area (Å²) in [6.07, 6.45) is 6.52. The summed E-state index contributed by atoms with van der Waals surface area (Å²) in [6, 6.07) is 9.11. The maximum Gasteiger partial charge on any atom is 0.337 e. The number of hydrogen-bond acceptors (Lipinski definition) is 5. The van der Waals surface area contributed by atoms with Crippen molar-refractivity contribution in [3.8, 4) is 0 Å². The Morgan fingerprint density at radius 3 is 2.21 bits per heavy atom. The summed E-state index contributed by atoms with van der Waals surface area (Å²) in [5.74, 6) is -1.16. The highest BCUT2D eigenvalue weighted by molar-refractivity contribution is 7.92. The fourth-order valence-corrected chi connectivity index (χ4v) is 6.60. The number of piperazine rings is 1. The van der Waals surface area contributed by atoms with Gasteiger partial charge in [0.05, 0.1) is 16.1 Å². The monoisotopic (exact) mass is 485 g/mol. The molecule has 0 amide bonds. The normalized spacial score (nSPS) is 18.1. The van der Waals surface area contributed by atoms with Crippen molar-refractivity contribution in [2.75, 3.05) is 35.8 Å². The number of benzene rings is 2. The van der Waals surface area contributed by atoms with Gasteiger partial charge in [0.1, 0.15) is 0 Å². The van der Waals surface area contributed by atoms with E-state index in [1.165, 1.54) is 32.1 Å². The predicted molar refractivity (Wildman–Crippen MR) is 136 cm³/mol. The minimum absolute atomic E-state index is 0.0442. The molecule has 1 aliphatic heterocycles. The van der Waals surface area contributed by atoms with E-state index < -0.39 is 16.0 Å². The number of carboxylic acids is 1. The van der Waals surface area contributed by atoms with Crippen LogP contribution in [-0.4, -0.2) is 56.6 Å². The molecule has 2 N–H and O–H groups in total. The van der Waals surface area contributed by atoms with Crippen LogP contribution in [0.2, 0.25) is 0 Å². The second-order valence-corrected chi connectivity index (χ2v) is 11.3. The largest absolute Gasteiger partial charge is 0.478 e. The first kappa shape index (κ1) is 24.5. The van der Waals surface area contributed by atoms with Crippen LogP contribution in [-0.2, 0) is 10.0 Å². The minimum Gasteiger partial charge on any atom is -0.478 e. The Balaban J connectivity index is 1.52. The Kier molecular flexibility index (Phi) is 7.19. The molecule has 0 spiro atoms. The van der Waals surface area contributed by atoms with Gasteiger partial charge in [0.15, 0.2) is 0 Å². The predicted octanol–water partition coefficient (Wildman–Crippen LogP) is 4.57. The third kappa shape index (κ3) is 5.23. The number of sulfonamides is 1. The van der Waals surface area contributed by atoms with Crippen molar-refractivity contribution in [1.82, 2.24) is 4.90 Å². The number of aromatic carboxylic acids is 1. The van der Waals surface area contributed by atoms with E-state index in [-0.39, 0.29) is 16.1 Å². The number of rotatable bonds is 6. The lowest BCUT2D eigenvalue weighted by atomic mass is 9.94. The molecular formula is C26H35N3O4S. The van der Waals surface area contributed by atoms with Crippen LogP contribution in [0.1, 0.15) is 59.2 Å². The van der Waals surface area contributed by atoms with Gasteiger partial charge >= 0.3 is 5.97 Å². The van der Waals surface area contributed by atoms with Gasteiger partial charge in [-0.3, -0.25) is 9.62 Å². The Labute approximate surface area is 202 Å². The Morgan fingerprint density at radius 1 is 0.912 bits per heavy atom. The lowest BCUT2D eigenvalue weighted by Gasteiger charge is -2.41. The third-order valence-corrected chi connectivity index (χ3v) is 8.84. The number of nitrogens with zero attached hydrogens (tertiary/aromatic N) is 2. The SMILES string of the molecule is Cc1cc(C)c(S(=O)(=O)Nc2ccc(N3CCN(C4CCCCC4)CC3)cc2C(=O)O)cc1C. The summed E-state index contributed by atoms with van der Waals surface area (Å²) < 4.78 is 28.7. The van der Waals surface area contributed by atoms with Crippen LogP contribution in [0, 0.1) is 20.8 Å². The fourth-order valence-electron chi connectivity index (χ4n) is 5.21. The average molecular weight is 486 g/mol. The van der Waals surface area contributed by atoms with E-state index in [2.05, 4.69) is 14.5 Å². The van der Waals surface area contributed by atoms with E-state index in [4.69, 9.17) is 0 Å². The summed E-state index contributed by atoms with van der Waals surface area (Å²) in [7, 11) is -3.93. The first-order valence-electron chi connectivity index (χ1n) is 12.1. The van der Waals surface area contributed by atoms with Gasteiger partial charge in [-0.2, -0.15) is 0 Å². The van der Waals surface area contributed by atoms with Crippen LogP contribution in [0.25, 0.3) is 0 Å². The molecule has 4 rings (SSSR count). The summed E-state index contributed by atoms with van der Waals surface area (Å²) in [4.78, 5) is 17.0. The first-order chi connectivity index (χ1) is 16.2. The zero-order valence-corrected chi connectivity index (χ0v) is 21.1. The quantitative estimate of drug-likeness (QED) is 0.623. The van der Waals surface area contributed by atoms with Crippen molar-refractivity contribution in [1.29, 1.82) is 0 Å². The fraction of sp³-hybridized carbons (Fsp3) is 0.500. The van der Waals surface area contributed by atoms with Crippen molar-refractivity contribution in [2.45, 2.75) is 63.8 Å². The molecule has 1 aliphatic carbocycles. The van der Waals surface area contributed by atoms with E-state index in [0.717, 1.165) is 43.0 Å². The molecule has 2 aliphatic rings. The zero-order chi connectivity index (χ0) is 24.5. The van der Waals surface area contributed by atoms with Gasteiger partial charge in [-0.15, -0.1) is 0 Å². The van der Waals surface area contributed by atoms with Gasteiger partial charge < -0.3 is 10.0 Å². The molecule has 7 nitrogen and oxygen atoms in total. The zero-order valence-electron chi connectivity index (χ0n) is 20.3. The molecule has 0 atom stereocenters. The summed E-state index contributed by atoms with van der Waals surface area (Å²) in [5.41, 5.74) is 3.35. The number of carboxylic acid groups (broad SMARTS) is 1. The van der Waals surface area contributed by atoms with Crippen LogP contribution >= 0.6 is 0 Å². The number of hydrogen-bond donors (Lipinski definition) is 2. The molecule has 2 fully saturated rings. The molecule has 2 aromatic carbocycles. The molecule has 1 saturated carbocycles. The minimum atomic E-state index is -3.93. The van der Waals surface area contributed by atoms with E-state index >= 15 is 0 Å². The van der Waals surface area contributed by atoms with Crippen molar-refractivity contribution in [3.63, 3.8) is 0 Å². The highest BCUT2D eigenvalue weighted by Gasteiger charge is 2.27. The summed E-state index contributed by atoms with van der Waals surface area (Å²) in [6.45, 7) is 9.14. The Bertz CT molecular complexity index is 1160. The Hall–Kier alpha value is -2.58. The van der Waals surface area contributed by atoms with Crippen molar-refractivity contribution < 1.29 is 18.3 Å². The molecule has 1 heterocycles. The molecule has 0 bridgehead atoms. The van der Waals surface area contributed by atoms with Crippen LogP contribution in [0.3, 0.4) is 0 Å². The van der Waals surface area contributed by atoms with Crippen molar-refractivity contribution in [3.05, 3.63) is 52.6 Å². The maximum atomic E-state index is 13.1. The van der Waals surface area contributed by atoms with Gasteiger partial charge in [0.25, 0.3) is 10.0 Å². The average Bonchev–Trinajstić information content (AvgIpc) is 2.82. The van der Waals surface area contributed by atoms with E-state index in [1.807, 2.05) is 26.0 Å². The van der Waals surface area contributed by atoms with Crippen molar-refractivity contribution >= 4 is 27.4 Å². The highest BCUT2D eigenvalue weighted by atomic mass is 32.2. The third-order valence-electron chi connectivity index (χ3n) is 7.33. The van der Waals surface area contributed by atoms with Gasteiger partial charge in [-0.05, 0) is 74.6 Å². The highest BCUT2D eigenvalue weighted by Crippen LogP contribution is 2.29. The number of anilines is 2. The number of carbonyl (C=O) groups is 1. The topological polar surface area (TPSA) is 90.0 Å². The molecule has 0 aromatic heterocycles. The van der Waals surface area contributed by atoms with Crippen LogP contribution in [0.15, 0.2) is 35.2 Å². The Morgan fingerprint density at radius 2 is 1.56 bits per heavy atom. The number of nitrogens with one attached hydrogen (secondary N) is 1. The van der Waals surface area contributed by atoms with Gasteiger partial charge in [-0.1, -0.05) is 25.3 Å². The van der Waals surface area contributed by atoms with E-state index in [9.17, 15) is 18.3 Å². The van der Waals surface area contributed by atoms with Crippen LogP contribution < -0.4 is 9.62 Å². The molecule has 0 unspecified atom stereocenters. The summed E-state index contributed by atoms with van der Waals surface area (Å²) in [5, 5.41) is 9.84. The van der Waals surface area contributed by atoms with E-state index in [1.54, 1.807) is 25.1 Å². The van der Waals surface area contributed by atoms with Crippen LogP contribution in [0.4, 0.5) is 11.4 Å². The van der Waals surface area contributed by atoms with Gasteiger partial charge in [-0.25, -0.2) is 13.2 Å². The molecule has 1 saturated heterocycles. The van der Waals surface area contributed by atoms with E-state index in [0.29, 0.717) is 11.6 Å². The van der Waals surface area contributed by atoms with Crippen molar-refractivity contribution in [2.24, 2.45) is 0 Å². The smallest absolute Gasteiger partial charge is 0.337 e. The molecular weight excluding hydrogens is 450 g/mol. The lowest BCUT2D eigenvalue weighted by molar-refractivity contribution is 0.0698. The summed E-state index contributed by atoms with van der Waals surface area (Å²) >= 11 is 0. The molecule has 184 valence electrons. The standard InChI is InChI=1S/C26H35N3O4S/c1-18-15-20(3)25(16-19(18)2)34(32,33)27-24-10-9-22(17-23(24)26(30)31)29-13-11-28(12-14-29)21-7-5-4-6-8-21/h9-10,15-17,21,27H,4-8,11-14H2,1-3H3,(H,30,31). The lowest BCUT2D eigenvalue weighted by Crippen LogP contribution is -2.50.